The van der Waals surface area contributed by atoms with E-state index in [-0.39, 0.29) is 5.91 Å². The first-order valence-electron chi connectivity index (χ1n) is 3.49. The molecule has 62 valence electrons. The number of likely N-dealkylation sites (N-methyl/N-ethyl adjacent to an activating group) is 1. The first-order chi connectivity index (χ1) is 5.04. The Bertz CT molecular complexity index is 181. The van der Waals surface area contributed by atoms with Crippen LogP contribution in [0.1, 0.15) is 20.8 Å². The van der Waals surface area contributed by atoms with E-state index in [1.165, 1.54) is 0 Å². The van der Waals surface area contributed by atoms with E-state index in [9.17, 15) is 4.79 Å². The van der Waals surface area contributed by atoms with Gasteiger partial charge < -0.3 is 5.32 Å². The van der Waals surface area contributed by atoms with Gasteiger partial charge in [0.1, 0.15) is 0 Å². The number of nitrogens with one attached hydrogen (secondary N) is 2. The average Bonchev–Trinajstić information content (AvgIpc) is 1.88. The Kier molecular flexibility index (Phi) is 3.55. The van der Waals surface area contributed by atoms with Gasteiger partial charge in [0.05, 0.1) is 5.54 Å². The highest BCUT2D eigenvalue weighted by Gasteiger charge is 2.25. The van der Waals surface area contributed by atoms with Gasteiger partial charge in [0.25, 0.3) is 5.91 Å². The Morgan fingerprint density at radius 3 is 2.55 bits per heavy atom. The van der Waals surface area contributed by atoms with E-state index in [0.29, 0.717) is 6.54 Å². The highest BCUT2D eigenvalue weighted by Crippen LogP contribution is 2.00. The number of hydrogen-bond donors (Lipinski definition) is 2. The molecular weight excluding hydrogens is 142 g/mol. The number of carbonyl (C=O) groups excluding carboxylic acids is 1. The molecule has 0 atom stereocenters. The highest BCUT2D eigenvalue weighted by atomic mass is 16.2. The van der Waals surface area contributed by atoms with E-state index in [0.717, 1.165) is 0 Å². The van der Waals surface area contributed by atoms with Crippen LogP contribution in [0, 0.1) is 11.5 Å². The fraction of sp³-hybridized carbons (Fsp3) is 0.714. The summed E-state index contributed by atoms with van der Waals surface area (Å²) < 4.78 is 0. The summed E-state index contributed by atoms with van der Waals surface area (Å²) in [6, 6.07) is 0. The molecule has 0 aliphatic carbocycles. The van der Waals surface area contributed by atoms with Gasteiger partial charge in [-0.25, -0.2) is 0 Å². The summed E-state index contributed by atoms with van der Waals surface area (Å²) in [7, 11) is 0. The molecule has 0 aromatic heterocycles. The van der Waals surface area contributed by atoms with Crippen molar-refractivity contribution in [1.29, 1.82) is 5.26 Å². The lowest BCUT2D eigenvalue weighted by Gasteiger charge is -2.22. The summed E-state index contributed by atoms with van der Waals surface area (Å²) in [6.07, 6.45) is 1.59. The maximum Gasteiger partial charge on any atom is 0.252 e. The van der Waals surface area contributed by atoms with Gasteiger partial charge in [-0.1, -0.05) is 6.92 Å². The summed E-state index contributed by atoms with van der Waals surface area (Å²) in [5.74, 6) is -0.304. The predicted molar refractivity (Wildman–Crippen MR) is 41.5 cm³/mol. The third-order valence-electron chi connectivity index (χ3n) is 1.36. The Balaban J connectivity index is 4.08. The van der Waals surface area contributed by atoms with Gasteiger partial charge in [-0.2, -0.15) is 5.26 Å². The van der Waals surface area contributed by atoms with E-state index >= 15 is 0 Å². The van der Waals surface area contributed by atoms with Crippen LogP contribution >= 0.6 is 0 Å². The van der Waals surface area contributed by atoms with Crippen LogP contribution in [0.2, 0.25) is 0 Å². The van der Waals surface area contributed by atoms with Crippen LogP contribution < -0.4 is 10.6 Å². The van der Waals surface area contributed by atoms with Crippen LogP contribution in [0.3, 0.4) is 0 Å². The van der Waals surface area contributed by atoms with Gasteiger partial charge in [-0.05, 0) is 20.4 Å². The van der Waals surface area contributed by atoms with Crippen LogP contribution in [0.4, 0.5) is 0 Å². The van der Waals surface area contributed by atoms with E-state index in [2.05, 4.69) is 10.6 Å². The molecule has 0 unspecified atom stereocenters. The topological polar surface area (TPSA) is 64.9 Å². The van der Waals surface area contributed by atoms with E-state index in [1.54, 1.807) is 20.0 Å². The van der Waals surface area contributed by atoms with Crippen molar-refractivity contribution in [2.24, 2.45) is 0 Å². The third-order valence-corrected chi connectivity index (χ3v) is 1.36. The zero-order valence-electron chi connectivity index (χ0n) is 7.06. The van der Waals surface area contributed by atoms with Crippen molar-refractivity contribution in [3.63, 3.8) is 0 Å². The van der Waals surface area contributed by atoms with Gasteiger partial charge >= 0.3 is 0 Å². The normalized spacial score (nSPS) is 10.4. The minimum atomic E-state index is -0.662. The van der Waals surface area contributed by atoms with Crippen LogP contribution in [0.5, 0.6) is 0 Å². The lowest BCUT2D eigenvalue weighted by atomic mass is 10.1. The molecule has 0 heterocycles. The molecule has 0 aromatic rings. The maximum atomic E-state index is 11.1. The first-order valence-corrected chi connectivity index (χ1v) is 3.49. The molecule has 0 aliphatic rings. The minimum Gasteiger partial charge on any atom is -0.304 e. The minimum absolute atomic E-state index is 0.304. The Hall–Kier alpha value is -1.08. The summed E-state index contributed by atoms with van der Waals surface area (Å²) in [5.41, 5.74) is -0.662. The number of amides is 1. The average molecular weight is 155 g/mol. The van der Waals surface area contributed by atoms with Crippen molar-refractivity contribution in [3.05, 3.63) is 0 Å². The Labute approximate surface area is 66.6 Å². The molecular formula is C7H13N3O. The SMILES string of the molecule is CCNC(C)(C)C(=O)NC#N. The van der Waals surface area contributed by atoms with E-state index in [4.69, 9.17) is 5.26 Å². The molecule has 0 fully saturated rings. The Morgan fingerprint density at radius 1 is 1.64 bits per heavy atom. The number of rotatable bonds is 3. The molecule has 4 heteroatoms. The molecule has 0 saturated heterocycles. The highest BCUT2D eigenvalue weighted by molar-refractivity contribution is 5.86. The summed E-state index contributed by atoms with van der Waals surface area (Å²) >= 11 is 0. The quantitative estimate of drug-likeness (QED) is 0.444. The second-order valence-corrected chi connectivity index (χ2v) is 2.72. The standard InChI is InChI=1S/C7H13N3O/c1-4-10-7(2,3)6(11)9-5-8/h10H,4H2,1-3H3,(H,9,11). The lowest BCUT2D eigenvalue weighted by Crippen LogP contribution is -2.51. The molecule has 0 rings (SSSR count). The van der Waals surface area contributed by atoms with Crippen molar-refractivity contribution < 1.29 is 4.79 Å². The van der Waals surface area contributed by atoms with Gasteiger partial charge in [-0.3, -0.25) is 10.1 Å². The van der Waals surface area contributed by atoms with Crippen molar-refractivity contribution in [2.45, 2.75) is 26.3 Å². The number of carbonyl (C=O) groups is 1. The fourth-order valence-corrected chi connectivity index (χ4v) is 0.729. The molecule has 0 aliphatic heterocycles. The van der Waals surface area contributed by atoms with E-state index in [1.807, 2.05) is 6.92 Å². The van der Waals surface area contributed by atoms with E-state index < -0.39 is 5.54 Å². The van der Waals surface area contributed by atoms with Gasteiger partial charge in [0, 0.05) is 0 Å². The fourth-order valence-electron chi connectivity index (χ4n) is 0.729. The molecule has 11 heavy (non-hydrogen) atoms. The zero-order chi connectivity index (χ0) is 8.91. The third kappa shape index (κ3) is 3.01. The second kappa shape index (κ2) is 3.94. The summed E-state index contributed by atoms with van der Waals surface area (Å²) in [5, 5.41) is 13.2. The molecule has 0 aromatic carbocycles. The number of nitrogens with zero attached hydrogens (tertiary/aromatic N) is 1. The summed E-state index contributed by atoms with van der Waals surface area (Å²) in [6.45, 7) is 6.06. The van der Waals surface area contributed by atoms with Crippen LogP contribution in [-0.2, 0) is 4.79 Å². The maximum absolute atomic E-state index is 11.1. The largest absolute Gasteiger partial charge is 0.304 e. The molecule has 0 saturated carbocycles. The van der Waals surface area contributed by atoms with Crippen molar-refractivity contribution in [3.8, 4) is 6.19 Å². The smallest absolute Gasteiger partial charge is 0.252 e. The van der Waals surface area contributed by atoms with Crippen molar-refractivity contribution in [2.75, 3.05) is 6.54 Å². The molecule has 1 amide bonds. The predicted octanol–water partition coefficient (Wildman–Crippen LogP) is -0.0282. The number of hydrogen-bond acceptors (Lipinski definition) is 3. The Morgan fingerprint density at radius 2 is 2.18 bits per heavy atom. The zero-order valence-corrected chi connectivity index (χ0v) is 7.06. The lowest BCUT2D eigenvalue weighted by molar-refractivity contribution is -0.125. The molecule has 2 N–H and O–H groups in total. The van der Waals surface area contributed by atoms with Crippen LogP contribution in [0.25, 0.3) is 0 Å². The molecule has 0 spiro atoms. The van der Waals surface area contributed by atoms with Gasteiger partial charge in [0.2, 0.25) is 0 Å². The molecule has 4 nitrogen and oxygen atoms in total. The van der Waals surface area contributed by atoms with Gasteiger partial charge in [-0.15, -0.1) is 0 Å². The molecule has 0 radical (unpaired) electrons. The van der Waals surface area contributed by atoms with Crippen LogP contribution in [-0.4, -0.2) is 18.0 Å². The summed E-state index contributed by atoms with van der Waals surface area (Å²) in [4.78, 5) is 11.1. The monoisotopic (exact) mass is 155 g/mol. The van der Waals surface area contributed by atoms with Crippen molar-refractivity contribution >= 4 is 5.91 Å². The van der Waals surface area contributed by atoms with Gasteiger partial charge in [0.15, 0.2) is 6.19 Å². The van der Waals surface area contributed by atoms with Crippen LogP contribution in [0.15, 0.2) is 0 Å². The number of nitriles is 1. The van der Waals surface area contributed by atoms with Crippen molar-refractivity contribution in [1.82, 2.24) is 10.6 Å². The first kappa shape index (κ1) is 9.92. The molecule has 0 bridgehead atoms. The second-order valence-electron chi connectivity index (χ2n) is 2.72.